The van der Waals surface area contributed by atoms with E-state index in [-0.39, 0.29) is 29.9 Å². The van der Waals surface area contributed by atoms with Gasteiger partial charge in [0.15, 0.2) is 0 Å². The topological polar surface area (TPSA) is 140 Å². The number of aliphatic hydroxyl groups excluding tert-OH is 1. The molecule has 10 nitrogen and oxygen atoms in total. The van der Waals surface area contributed by atoms with Crippen molar-refractivity contribution in [3.8, 4) is 11.5 Å². The van der Waals surface area contributed by atoms with Gasteiger partial charge in [0.25, 0.3) is 0 Å². The molecule has 0 saturated heterocycles. The quantitative estimate of drug-likeness (QED) is 0.387. The third kappa shape index (κ3) is 7.70. The molecular formula is C29H38N4O6. The van der Waals surface area contributed by atoms with E-state index in [9.17, 15) is 24.6 Å². The van der Waals surface area contributed by atoms with Crippen molar-refractivity contribution in [1.29, 1.82) is 0 Å². The first-order chi connectivity index (χ1) is 18.9. The number of hydrogen-bond donors (Lipinski definition) is 5. The summed E-state index contributed by atoms with van der Waals surface area (Å²) in [7, 11) is 1.50. The van der Waals surface area contributed by atoms with E-state index in [2.05, 4.69) is 16.0 Å². The van der Waals surface area contributed by atoms with Crippen LogP contribution in [0.5, 0.6) is 11.5 Å². The van der Waals surface area contributed by atoms with Crippen LogP contribution in [0.25, 0.3) is 0 Å². The molecule has 1 aliphatic carbocycles. The number of aromatic hydroxyl groups is 1. The van der Waals surface area contributed by atoms with E-state index >= 15 is 0 Å². The molecule has 0 bridgehead atoms. The summed E-state index contributed by atoms with van der Waals surface area (Å²) in [6.45, 7) is 0.632. The average Bonchev–Trinajstić information content (AvgIpc) is 3.77. The monoisotopic (exact) mass is 538 g/mol. The summed E-state index contributed by atoms with van der Waals surface area (Å²) in [6, 6.07) is 11.6. The van der Waals surface area contributed by atoms with Crippen molar-refractivity contribution < 1.29 is 29.3 Å². The van der Waals surface area contributed by atoms with Gasteiger partial charge in [0, 0.05) is 26.6 Å². The molecule has 3 atom stereocenters. The van der Waals surface area contributed by atoms with Crippen LogP contribution in [0.1, 0.15) is 30.4 Å². The lowest BCUT2D eigenvalue weighted by atomic mass is 10.0. The largest absolute Gasteiger partial charge is 0.508 e. The standard InChI is InChI=1S/C29H38N4O6/c1-33-24(18-34)28(37)32-23(17-19-8-12-22(35)13-9-19)27(36)31-14-4-6-20-5-2-3-7-25(20)39-16-15-30-26(29(33)38)21-10-11-21/h2-3,5,7-9,12-13,21,23-24,26,30,34-35H,4,6,10-11,14-18H2,1H3,(H,31,36)(H,32,37)/t23-,24+,26+/m1/s1. The van der Waals surface area contributed by atoms with Crippen molar-refractivity contribution in [2.45, 2.75) is 50.2 Å². The summed E-state index contributed by atoms with van der Waals surface area (Å²) in [5.41, 5.74) is 1.77. The molecule has 0 radical (unpaired) electrons. The highest BCUT2D eigenvalue weighted by Gasteiger charge is 2.40. The number of carbonyl (C=O) groups excluding carboxylic acids is 3. The van der Waals surface area contributed by atoms with Gasteiger partial charge in [-0.15, -0.1) is 0 Å². The average molecular weight is 539 g/mol. The number of phenols is 1. The number of nitrogens with zero attached hydrogens (tertiary/aromatic N) is 1. The van der Waals surface area contributed by atoms with Crippen molar-refractivity contribution >= 4 is 17.7 Å². The van der Waals surface area contributed by atoms with Crippen LogP contribution in [0.2, 0.25) is 0 Å². The lowest BCUT2D eigenvalue weighted by molar-refractivity contribution is -0.143. The van der Waals surface area contributed by atoms with E-state index in [0.717, 1.165) is 29.7 Å². The Morgan fingerprint density at radius 2 is 1.74 bits per heavy atom. The van der Waals surface area contributed by atoms with Gasteiger partial charge < -0.3 is 35.8 Å². The van der Waals surface area contributed by atoms with Crippen LogP contribution in [0, 0.1) is 5.92 Å². The molecule has 0 aromatic heterocycles. The molecule has 1 fully saturated rings. The first-order valence-electron chi connectivity index (χ1n) is 13.5. The van der Waals surface area contributed by atoms with E-state index in [4.69, 9.17) is 4.74 Å². The number of carbonyl (C=O) groups is 3. The Morgan fingerprint density at radius 3 is 2.46 bits per heavy atom. The molecule has 3 amide bonds. The van der Waals surface area contributed by atoms with Crippen molar-refractivity contribution in [3.63, 3.8) is 0 Å². The second kappa shape index (κ2) is 13.4. The number of phenolic OH excluding ortho intramolecular Hbond substituents is 1. The Bertz CT molecular complexity index is 1140. The molecule has 39 heavy (non-hydrogen) atoms. The van der Waals surface area contributed by atoms with E-state index in [1.807, 2.05) is 24.3 Å². The predicted molar refractivity (Wildman–Crippen MR) is 145 cm³/mol. The van der Waals surface area contributed by atoms with E-state index < -0.39 is 30.6 Å². The second-order valence-electron chi connectivity index (χ2n) is 10.2. The van der Waals surface area contributed by atoms with Crippen molar-refractivity contribution in [3.05, 3.63) is 59.7 Å². The first kappa shape index (κ1) is 28.4. The molecule has 0 spiro atoms. The van der Waals surface area contributed by atoms with Gasteiger partial charge in [-0.05, 0) is 60.9 Å². The Labute approximate surface area is 228 Å². The zero-order chi connectivity index (χ0) is 27.8. The molecule has 2 aromatic rings. The fourth-order valence-electron chi connectivity index (χ4n) is 4.82. The van der Waals surface area contributed by atoms with Gasteiger partial charge in [0.1, 0.15) is 30.2 Å². The Kier molecular flexibility index (Phi) is 9.78. The van der Waals surface area contributed by atoms with Gasteiger partial charge in [0.05, 0.1) is 12.6 Å². The Morgan fingerprint density at radius 1 is 1.00 bits per heavy atom. The fourth-order valence-corrected chi connectivity index (χ4v) is 4.82. The molecule has 2 aromatic carbocycles. The van der Waals surface area contributed by atoms with E-state index in [0.29, 0.717) is 32.5 Å². The molecule has 10 heteroatoms. The molecule has 1 aliphatic heterocycles. The van der Waals surface area contributed by atoms with Gasteiger partial charge in [-0.25, -0.2) is 0 Å². The van der Waals surface area contributed by atoms with Crippen LogP contribution < -0.4 is 20.7 Å². The molecule has 0 unspecified atom stereocenters. The van der Waals surface area contributed by atoms with Gasteiger partial charge in [-0.2, -0.15) is 0 Å². The highest BCUT2D eigenvalue weighted by molar-refractivity contribution is 5.93. The minimum atomic E-state index is -1.15. The van der Waals surface area contributed by atoms with Gasteiger partial charge in [-0.1, -0.05) is 30.3 Å². The molecule has 1 saturated carbocycles. The summed E-state index contributed by atoms with van der Waals surface area (Å²) in [4.78, 5) is 41.2. The predicted octanol–water partition coefficient (Wildman–Crippen LogP) is 0.748. The first-order valence-corrected chi connectivity index (χ1v) is 13.5. The number of amides is 3. The summed E-state index contributed by atoms with van der Waals surface area (Å²) in [5.74, 6) is -0.233. The second-order valence-corrected chi connectivity index (χ2v) is 10.2. The Balaban J connectivity index is 1.56. The minimum Gasteiger partial charge on any atom is -0.508 e. The van der Waals surface area contributed by atoms with Crippen LogP contribution in [0.4, 0.5) is 0 Å². The SMILES string of the molecule is CN1C(=O)[C@H](C2CC2)NCCOc2ccccc2CCCNC(=O)[C@@H](Cc2ccc(O)cc2)NC(=O)[C@@H]1CO. The van der Waals surface area contributed by atoms with Gasteiger partial charge in [-0.3, -0.25) is 14.4 Å². The fraction of sp³-hybridized carbons (Fsp3) is 0.483. The van der Waals surface area contributed by atoms with E-state index in [1.165, 1.54) is 24.1 Å². The number of aliphatic hydroxyl groups is 1. The molecule has 4 rings (SSSR count). The highest BCUT2D eigenvalue weighted by Crippen LogP contribution is 2.33. The summed E-state index contributed by atoms with van der Waals surface area (Å²) < 4.78 is 6.02. The molecule has 210 valence electrons. The number of fused-ring (bicyclic) bond motifs is 1. The zero-order valence-electron chi connectivity index (χ0n) is 22.3. The maximum absolute atomic E-state index is 13.4. The van der Waals surface area contributed by atoms with Crippen LogP contribution in [-0.2, 0) is 27.2 Å². The molecule has 2 aliphatic rings. The number of ether oxygens (including phenoxy) is 1. The number of benzene rings is 2. The summed E-state index contributed by atoms with van der Waals surface area (Å²) in [5, 5.41) is 28.7. The number of rotatable bonds is 4. The minimum absolute atomic E-state index is 0.0977. The molecular weight excluding hydrogens is 500 g/mol. The maximum Gasteiger partial charge on any atom is 0.245 e. The van der Waals surface area contributed by atoms with Crippen LogP contribution in [-0.4, -0.2) is 84.3 Å². The lowest BCUT2D eigenvalue weighted by Gasteiger charge is -2.31. The number of para-hydroxylation sites is 1. The zero-order valence-corrected chi connectivity index (χ0v) is 22.3. The summed E-state index contributed by atoms with van der Waals surface area (Å²) in [6.07, 6.45) is 3.36. The molecule has 1 heterocycles. The van der Waals surface area contributed by atoms with Crippen molar-refractivity contribution in [2.75, 3.05) is 33.4 Å². The summed E-state index contributed by atoms with van der Waals surface area (Å²) >= 11 is 0. The van der Waals surface area contributed by atoms with Crippen LogP contribution in [0.3, 0.4) is 0 Å². The van der Waals surface area contributed by atoms with Crippen LogP contribution in [0.15, 0.2) is 48.5 Å². The van der Waals surface area contributed by atoms with Crippen molar-refractivity contribution in [2.24, 2.45) is 5.92 Å². The number of likely N-dealkylation sites (N-methyl/N-ethyl adjacent to an activating group) is 1. The smallest absolute Gasteiger partial charge is 0.245 e. The number of hydrogen-bond acceptors (Lipinski definition) is 7. The number of aryl methyl sites for hydroxylation is 1. The van der Waals surface area contributed by atoms with Crippen molar-refractivity contribution in [1.82, 2.24) is 20.9 Å². The lowest BCUT2D eigenvalue weighted by Crippen LogP contribution is -2.58. The normalized spacial score (nSPS) is 24.0. The third-order valence-electron chi connectivity index (χ3n) is 7.28. The van der Waals surface area contributed by atoms with Gasteiger partial charge in [0.2, 0.25) is 17.7 Å². The maximum atomic E-state index is 13.4. The van der Waals surface area contributed by atoms with E-state index in [1.54, 1.807) is 12.1 Å². The van der Waals surface area contributed by atoms with Gasteiger partial charge >= 0.3 is 0 Å². The third-order valence-corrected chi connectivity index (χ3v) is 7.28. The highest BCUT2D eigenvalue weighted by atomic mass is 16.5. The van der Waals surface area contributed by atoms with Crippen LogP contribution >= 0.6 is 0 Å². The number of nitrogens with one attached hydrogen (secondary N) is 3. The molecule has 5 N–H and O–H groups in total. The Hall–Kier alpha value is -3.63.